The smallest absolute Gasteiger partial charge is 0.416 e. The van der Waals surface area contributed by atoms with Gasteiger partial charge in [0.1, 0.15) is 11.5 Å². The van der Waals surface area contributed by atoms with Crippen LogP contribution in [-0.2, 0) is 12.4 Å². The highest BCUT2D eigenvalue weighted by Gasteiger charge is 2.32. The lowest BCUT2D eigenvalue weighted by Gasteiger charge is -2.15. The zero-order valence-corrected chi connectivity index (χ0v) is 13.6. The Morgan fingerprint density at radius 2 is 1.36 bits per heavy atom. The van der Waals surface area contributed by atoms with Crippen LogP contribution in [0.15, 0.2) is 42.5 Å². The van der Waals surface area contributed by atoms with Gasteiger partial charge in [-0.1, -0.05) is 0 Å². The molecule has 12 heteroatoms. The zero-order valence-electron chi connectivity index (χ0n) is 13.6. The van der Waals surface area contributed by atoms with Gasteiger partial charge in [-0.2, -0.15) is 26.3 Å². The van der Waals surface area contributed by atoms with E-state index in [-0.39, 0.29) is 5.75 Å². The second kappa shape index (κ2) is 7.66. The number of nitrogens with one attached hydrogen (secondary N) is 2. The van der Waals surface area contributed by atoms with Gasteiger partial charge in [-0.25, -0.2) is 10.2 Å². The minimum absolute atomic E-state index is 0.246. The lowest BCUT2D eigenvalue weighted by molar-refractivity contribution is -0.138. The van der Waals surface area contributed by atoms with Crippen molar-refractivity contribution in [2.45, 2.75) is 12.4 Å². The maximum atomic E-state index is 12.9. The highest BCUT2D eigenvalue weighted by molar-refractivity contribution is 5.97. The van der Waals surface area contributed by atoms with E-state index in [0.29, 0.717) is 24.3 Å². The maximum absolute atomic E-state index is 12.9. The van der Waals surface area contributed by atoms with Crippen molar-refractivity contribution in [3.63, 3.8) is 0 Å². The SMILES string of the molecule is NC(=O)NNC(=O)c1ccc(C(F)(F)F)cc1Oc1ccc(C(F)(F)F)cc1. The number of amides is 3. The van der Waals surface area contributed by atoms with Crippen molar-refractivity contribution >= 4 is 11.9 Å². The van der Waals surface area contributed by atoms with Gasteiger partial charge in [-0.3, -0.25) is 10.2 Å². The van der Waals surface area contributed by atoms with Gasteiger partial charge < -0.3 is 10.5 Å². The fraction of sp³-hybridized carbons (Fsp3) is 0.125. The molecule has 0 saturated carbocycles. The Bertz CT molecular complexity index is 879. The molecule has 28 heavy (non-hydrogen) atoms. The van der Waals surface area contributed by atoms with Crippen molar-refractivity contribution in [3.8, 4) is 11.5 Å². The number of primary amides is 1. The topological polar surface area (TPSA) is 93.5 Å². The minimum atomic E-state index is -4.77. The van der Waals surface area contributed by atoms with Gasteiger partial charge in [0.25, 0.3) is 5.91 Å². The van der Waals surface area contributed by atoms with Crippen molar-refractivity contribution in [3.05, 3.63) is 59.2 Å². The second-order valence-corrected chi connectivity index (χ2v) is 5.28. The van der Waals surface area contributed by atoms with Crippen LogP contribution < -0.4 is 21.3 Å². The molecule has 2 aromatic rings. The number of ether oxygens (including phenoxy) is 1. The zero-order chi connectivity index (χ0) is 21.1. The first-order valence-corrected chi connectivity index (χ1v) is 7.30. The van der Waals surface area contributed by atoms with Crippen LogP contribution in [0.2, 0.25) is 0 Å². The summed E-state index contributed by atoms with van der Waals surface area (Å²) in [6, 6.07) is 3.83. The highest BCUT2D eigenvalue weighted by atomic mass is 19.4. The summed E-state index contributed by atoms with van der Waals surface area (Å²) in [5.74, 6) is -1.91. The first-order chi connectivity index (χ1) is 12.9. The summed E-state index contributed by atoms with van der Waals surface area (Å²) in [7, 11) is 0. The van der Waals surface area contributed by atoms with Crippen LogP contribution in [0.4, 0.5) is 31.1 Å². The normalized spacial score (nSPS) is 11.6. The largest absolute Gasteiger partial charge is 0.457 e. The van der Waals surface area contributed by atoms with Crippen LogP contribution in [-0.4, -0.2) is 11.9 Å². The van der Waals surface area contributed by atoms with E-state index in [2.05, 4.69) is 0 Å². The second-order valence-electron chi connectivity index (χ2n) is 5.28. The molecule has 3 amide bonds. The Morgan fingerprint density at radius 3 is 1.86 bits per heavy atom. The molecule has 4 N–H and O–H groups in total. The molecule has 0 aliphatic rings. The molecular weight excluding hydrogens is 396 g/mol. The Kier molecular flexibility index (Phi) is 5.71. The molecule has 0 aromatic heterocycles. The van der Waals surface area contributed by atoms with Crippen LogP contribution in [0, 0.1) is 0 Å². The number of alkyl halides is 6. The fourth-order valence-electron chi connectivity index (χ4n) is 2.00. The summed E-state index contributed by atoms with van der Waals surface area (Å²) in [5, 5.41) is 0. The van der Waals surface area contributed by atoms with Crippen molar-refractivity contribution in [2.75, 3.05) is 0 Å². The van der Waals surface area contributed by atoms with Crippen LogP contribution >= 0.6 is 0 Å². The third kappa shape index (κ3) is 5.28. The molecule has 0 aliphatic carbocycles. The van der Waals surface area contributed by atoms with Crippen LogP contribution in [0.3, 0.4) is 0 Å². The number of benzene rings is 2. The highest BCUT2D eigenvalue weighted by Crippen LogP contribution is 2.36. The van der Waals surface area contributed by atoms with Crippen molar-refractivity contribution in [2.24, 2.45) is 5.73 Å². The van der Waals surface area contributed by atoms with E-state index in [1.807, 2.05) is 5.43 Å². The van der Waals surface area contributed by atoms with Gasteiger partial charge in [0.05, 0.1) is 16.7 Å². The number of carbonyl (C=O) groups is 2. The summed E-state index contributed by atoms with van der Waals surface area (Å²) in [6.07, 6.45) is -9.38. The summed E-state index contributed by atoms with van der Waals surface area (Å²) in [6.45, 7) is 0. The standard InChI is InChI=1S/C16H11F6N3O3/c17-15(18,19)8-1-4-10(5-2-8)28-12-7-9(16(20,21)22)3-6-11(12)13(26)24-25-14(23)27/h1-7H,(H,24,26)(H3,23,25,27). The third-order valence-electron chi connectivity index (χ3n) is 3.26. The number of carbonyl (C=O) groups excluding carboxylic acids is 2. The number of hydrazine groups is 1. The lowest BCUT2D eigenvalue weighted by Crippen LogP contribution is -2.44. The predicted octanol–water partition coefficient (Wildman–Crippen LogP) is 3.83. The Labute approximate surface area is 153 Å². The van der Waals surface area contributed by atoms with E-state index < -0.39 is 46.7 Å². The summed E-state index contributed by atoms with van der Waals surface area (Å²) < 4.78 is 81.7. The molecule has 150 valence electrons. The van der Waals surface area contributed by atoms with Gasteiger partial charge in [0.15, 0.2) is 0 Å². The van der Waals surface area contributed by atoms with Gasteiger partial charge in [-0.05, 0) is 42.5 Å². The van der Waals surface area contributed by atoms with Gasteiger partial charge in [0.2, 0.25) is 0 Å². The summed E-state index contributed by atoms with van der Waals surface area (Å²) in [5.41, 5.74) is 5.77. The lowest BCUT2D eigenvalue weighted by atomic mass is 10.1. The molecule has 0 unspecified atom stereocenters. The van der Waals surface area contributed by atoms with E-state index in [1.54, 1.807) is 5.43 Å². The quantitative estimate of drug-likeness (QED) is 0.533. The number of hydrogen-bond acceptors (Lipinski definition) is 3. The Balaban J connectivity index is 2.38. The average Bonchev–Trinajstić information content (AvgIpc) is 2.58. The molecule has 6 nitrogen and oxygen atoms in total. The average molecular weight is 407 g/mol. The molecule has 2 rings (SSSR count). The molecule has 0 aliphatic heterocycles. The molecule has 0 atom stereocenters. The number of rotatable bonds is 3. The molecule has 0 spiro atoms. The molecular formula is C16H11F6N3O3. The molecule has 0 fully saturated rings. The molecule has 2 aromatic carbocycles. The first kappa shape index (κ1) is 20.9. The monoisotopic (exact) mass is 407 g/mol. The van der Waals surface area contributed by atoms with E-state index >= 15 is 0 Å². The predicted molar refractivity (Wildman–Crippen MR) is 83.1 cm³/mol. The Morgan fingerprint density at radius 1 is 0.821 bits per heavy atom. The summed E-state index contributed by atoms with van der Waals surface area (Å²) >= 11 is 0. The number of halogens is 6. The van der Waals surface area contributed by atoms with Gasteiger partial charge in [0, 0.05) is 0 Å². The van der Waals surface area contributed by atoms with Crippen LogP contribution in [0.1, 0.15) is 21.5 Å². The minimum Gasteiger partial charge on any atom is -0.457 e. The molecule has 0 bridgehead atoms. The van der Waals surface area contributed by atoms with Crippen LogP contribution in [0.5, 0.6) is 11.5 Å². The summed E-state index contributed by atoms with van der Waals surface area (Å²) in [4.78, 5) is 22.6. The van der Waals surface area contributed by atoms with E-state index in [9.17, 15) is 35.9 Å². The van der Waals surface area contributed by atoms with Crippen molar-refractivity contribution in [1.82, 2.24) is 10.9 Å². The fourth-order valence-corrected chi connectivity index (χ4v) is 2.00. The molecule has 0 saturated heterocycles. The number of urea groups is 1. The number of nitrogens with two attached hydrogens (primary N) is 1. The van der Waals surface area contributed by atoms with Crippen molar-refractivity contribution < 1.29 is 40.7 Å². The van der Waals surface area contributed by atoms with Gasteiger partial charge in [-0.15, -0.1) is 0 Å². The molecule has 0 radical (unpaired) electrons. The van der Waals surface area contributed by atoms with E-state index in [0.717, 1.165) is 18.2 Å². The van der Waals surface area contributed by atoms with Crippen molar-refractivity contribution in [1.29, 1.82) is 0 Å². The van der Waals surface area contributed by atoms with E-state index in [4.69, 9.17) is 10.5 Å². The molecule has 0 heterocycles. The first-order valence-electron chi connectivity index (χ1n) is 7.30. The Hall–Kier alpha value is -3.44. The van der Waals surface area contributed by atoms with Gasteiger partial charge >= 0.3 is 18.4 Å². The number of hydrogen-bond donors (Lipinski definition) is 3. The third-order valence-corrected chi connectivity index (χ3v) is 3.26. The van der Waals surface area contributed by atoms with Crippen LogP contribution in [0.25, 0.3) is 0 Å². The van der Waals surface area contributed by atoms with E-state index in [1.165, 1.54) is 0 Å². The maximum Gasteiger partial charge on any atom is 0.416 e.